The fraction of sp³-hybridized carbons (Fsp3) is 0.200. The zero-order valence-corrected chi connectivity index (χ0v) is 8.51. The number of phenols is 1. The van der Waals surface area contributed by atoms with Crippen LogP contribution in [0.1, 0.15) is 6.92 Å². The lowest BCUT2D eigenvalue weighted by atomic mass is 10.3. The molecule has 0 saturated heterocycles. The van der Waals surface area contributed by atoms with E-state index in [1.165, 1.54) is 31.2 Å². The summed E-state index contributed by atoms with van der Waals surface area (Å²) in [6.45, 7) is 1.31. The molecule has 1 unspecified atom stereocenters. The Morgan fingerprint density at radius 3 is 2.69 bits per heavy atom. The highest BCUT2D eigenvalue weighted by atomic mass is 16.6. The second-order valence-electron chi connectivity index (χ2n) is 3.09. The lowest BCUT2D eigenvalue weighted by Crippen LogP contribution is -2.39. The average molecular weight is 225 g/mol. The van der Waals surface area contributed by atoms with Gasteiger partial charge < -0.3 is 20.3 Å². The second-order valence-corrected chi connectivity index (χ2v) is 3.09. The van der Waals surface area contributed by atoms with Crippen molar-refractivity contribution in [3.05, 3.63) is 24.3 Å². The molecule has 3 N–H and O–H groups in total. The third-order valence-electron chi connectivity index (χ3n) is 1.73. The van der Waals surface area contributed by atoms with Gasteiger partial charge in [-0.05, 0) is 19.1 Å². The second kappa shape index (κ2) is 5.01. The maximum atomic E-state index is 11.2. The van der Waals surface area contributed by atoms with E-state index in [9.17, 15) is 9.59 Å². The summed E-state index contributed by atoms with van der Waals surface area (Å²) in [4.78, 5) is 21.6. The Morgan fingerprint density at radius 1 is 1.44 bits per heavy atom. The first-order valence-electron chi connectivity index (χ1n) is 4.49. The van der Waals surface area contributed by atoms with E-state index in [0.717, 1.165) is 0 Å². The van der Waals surface area contributed by atoms with Gasteiger partial charge in [0.15, 0.2) is 0 Å². The monoisotopic (exact) mass is 225 g/mol. The molecule has 0 saturated carbocycles. The molecule has 0 fully saturated rings. The van der Waals surface area contributed by atoms with E-state index < -0.39 is 18.1 Å². The molecular weight excluding hydrogens is 214 g/mol. The van der Waals surface area contributed by atoms with Gasteiger partial charge in [0.25, 0.3) is 0 Å². The Balaban J connectivity index is 2.55. The molecule has 1 aromatic carbocycles. The van der Waals surface area contributed by atoms with Crippen LogP contribution in [-0.2, 0) is 4.79 Å². The summed E-state index contributed by atoms with van der Waals surface area (Å²) in [5, 5.41) is 19.7. The normalized spacial score (nSPS) is 11.6. The van der Waals surface area contributed by atoms with Gasteiger partial charge in [-0.3, -0.25) is 4.79 Å². The first kappa shape index (κ1) is 11.8. The number of carbonyl (C=O) groups excluding carboxylic acids is 1. The largest absolute Gasteiger partial charge is 0.508 e. The minimum Gasteiger partial charge on any atom is -0.508 e. The molecule has 0 aliphatic carbocycles. The molecule has 1 aromatic rings. The lowest BCUT2D eigenvalue weighted by Gasteiger charge is -2.09. The van der Waals surface area contributed by atoms with Crippen LogP contribution < -0.4 is 10.1 Å². The molecule has 6 heteroatoms. The summed E-state index contributed by atoms with van der Waals surface area (Å²) in [6.07, 6.45) is -0.888. The number of amides is 1. The minimum absolute atomic E-state index is 0.0448. The van der Waals surface area contributed by atoms with Crippen LogP contribution in [0.3, 0.4) is 0 Å². The highest BCUT2D eigenvalue weighted by Gasteiger charge is 2.15. The van der Waals surface area contributed by atoms with Gasteiger partial charge in [0, 0.05) is 6.07 Å². The number of aromatic hydroxyl groups is 1. The SMILES string of the molecule is CC(NC(=O)Oc1cccc(O)c1)C(=O)O. The van der Waals surface area contributed by atoms with Crippen LogP contribution in [0, 0.1) is 0 Å². The van der Waals surface area contributed by atoms with Crippen molar-refractivity contribution in [2.75, 3.05) is 0 Å². The molecule has 1 rings (SSSR count). The Morgan fingerprint density at radius 2 is 2.12 bits per heavy atom. The van der Waals surface area contributed by atoms with Gasteiger partial charge in [0.05, 0.1) is 0 Å². The first-order chi connectivity index (χ1) is 7.49. The van der Waals surface area contributed by atoms with Crippen LogP contribution in [0.25, 0.3) is 0 Å². The Labute approximate surface area is 91.5 Å². The molecule has 0 aliphatic rings. The van der Waals surface area contributed by atoms with E-state index in [1.54, 1.807) is 0 Å². The molecule has 86 valence electrons. The Kier molecular flexibility index (Phi) is 3.71. The first-order valence-corrected chi connectivity index (χ1v) is 4.49. The highest BCUT2D eigenvalue weighted by molar-refractivity contribution is 5.80. The zero-order chi connectivity index (χ0) is 12.1. The summed E-state index contributed by atoms with van der Waals surface area (Å²) < 4.78 is 4.74. The number of rotatable bonds is 3. The van der Waals surface area contributed by atoms with E-state index in [2.05, 4.69) is 5.32 Å². The highest BCUT2D eigenvalue weighted by Crippen LogP contribution is 2.17. The van der Waals surface area contributed by atoms with Crippen molar-refractivity contribution in [3.63, 3.8) is 0 Å². The molecule has 0 spiro atoms. The van der Waals surface area contributed by atoms with Crippen LogP contribution >= 0.6 is 0 Å². The van der Waals surface area contributed by atoms with Gasteiger partial charge in [-0.15, -0.1) is 0 Å². The number of benzene rings is 1. The van der Waals surface area contributed by atoms with E-state index in [4.69, 9.17) is 14.9 Å². The van der Waals surface area contributed by atoms with Crippen LogP contribution in [-0.4, -0.2) is 28.3 Å². The molecule has 6 nitrogen and oxygen atoms in total. The number of carboxylic acids is 1. The molecule has 0 radical (unpaired) electrons. The average Bonchev–Trinajstić information content (AvgIpc) is 2.16. The quantitative estimate of drug-likeness (QED) is 0.711. The van der Waals surface area contributed by atoms with Gasteiger partial charge in [-0.2, -0.15) is 0 Å². The Hall–Kier alpha value is -2.24. The van der Waals surface area contributed by atoms with Crippen molar-refractivity contribution in [2.24, 2.45) is 0 Å². The van der Waals surface area contributed by atoms with Crippen molar-refractivity contribution in [1.29, 1.82) is 0 Å². The third kappa shape index (κ3) is 3.49. The van der Waals surface area contributed by atoms with E-state index in [0.29, 0.717) is 0 Å². The fourth-order valence-corrected chi connectivity index (χ4v) is 0.922. The fourth-order valence-electron chi connectivity index (χ4n) is 0.922. The minimum atomic E-state index is -1.16. The smallest absolute Gasteiger partial charge is 0.413 e. The van der Waals surface area contributed by atoms with Crippen molar-refractivity contribution < 1.29 is 24.5 Å². The van der Waals surface area contributed by atoms with Crippen LogP contribution in [0.5, 0.6) is 11.5 Å². The van der Waals surface area contributed by atoms with Crippen molar-refractivity contribution >= 4 is 12.1 Å². The molecule has 0 aliphatic heterocycles. The molecule has 16 heavy (non-hydrogen) atoms. The van der Waals surface area contributed by atoms with E-state index in [1.807, 2.05) is 0 Å². The lowest BCUT2D eigenvalue weighted by molar-refractivity contribution is -0.138. The summed E-state index contributed by atoms with van der Waals surface area (Å²) in [7, 11) is 0. The molecule has 0 heterocycles. The van der Waals surface area contributed by atoms with E-state index in [-0.39, 0.29) is 11.5 Å². The maximum Gasteiger partial charge on any atom is 0.413 e. The van der Waals surface area contributed by atoms with Crippen LogP contribution in [0.15, 0.2) is 24.3 Å². The number of phenolic OH excluding ortho intramolecular Hbond substituents is 1. The predicted molar refractivity (Wildman–Crippen MR) is 54.4 cm³/mol. The molecule has 0 bridgehead atoms. The molecule has 1 atom stereocenters. The summed E-state index contributed by atoms with van der Waals surface area (Å²) in [6, 6.07) is 4.59. The van der Waals surface area contributed by atoms with Gasteiger partial charge >= 0.3 is 12.1 Å². The number of nitrogens with one attached hydrogen (secondary N) is 1. The number of carbonyl (C=O) groups is 2. The predicted octanol–water partition coefficient (Wildman–Crippen LogP) is 0.954. The maximum absolute atomic E-state index is 11.2. The number of ether oxygens (including phenoxy) is 1. The van der Waals surface area contributed by atoms with Crippen molar-refractivity contribution in [1.82, 2.24) is 5.32 Å². The Bertz CT molecular complexity index is 404. The topological polar surface area (TPSA) is 95.9 Å². The van der Waals surface area contributed by atoms with Crippen LogP contribution in [0.2, 0.25) is 0 Å². The number of aliphatic carboxylic acids is 1. The summed E-state index contributed by atoms with van der Waals surface area (Å²) >= 11 is 0. The van der Waals surface area contributed by atoms with Crippen molar-refractivity contribution in [3.8, 4) is 11.5 Å². The van der Waals surface area contributed by atoms with Gasteiger partial charge in [0.2, 0.25) is 0 Å². The summed E-state index contributed by atoms with van der Waals surface area (Å²) in [5.41, 5.74) is 0. The number of hydrogen-bond donors (Lipinski definition) is 3. The van der Waals surface area contributed by atoms with Gasteiger partial charge in [0.1, 0.15) is 17.5 Å². The van der Waals surface area contributed by atoms with E-state index >= 15 is 0 Å². The van der Waals surface area contributed by atoms with Gasteiger partial charge in [-0.25, -0.2) is 4.79 Å². The van der Waals surface area contributed by atoms with Crippen molar-refractivity contribution in [2.45, 2.75) is 13.0 Å². The zero-order valence-electron chi connectivity index (χ0n) is 8.51. The van der Waals surface area contributed by atoms with Gasteiger partial charge in [-0.1, -0.05) is 6.07 Å². The van der Waals surface area contributed by atoms with Crippen LogP contribution in [0.4, 0.5) is 4.79 Å². The summed E-state index contributed by atoms with van der Waals surface area (Å²) in [5.74, 6) is -1.07. The number of carboxylic acid groups (broad SMARTS) is 1. The number of hydrogen-bond acceptors (Lipinski definition) is 4. The molecule has 0 aromatic heterocycles. The standard InChI is InChI=1S/C10H11NO5/c1-6(9(13)14)11-10(15)16-8-4-2-3-7(12)5-8/h2-6,12H,1H3,(H,11,15)(H,13,14). The molecular formula is C10H11NO5. The molecule has 1 amide bonds. The third-order valence-corrected chi connectivity index (χ3v) is 1.73.